The van der Waals surface area contributed by atoms with Crippen LogP contribution in [0.2, 0.25) is 0 Å². The first kappa shape index (κ1) is 25.3. The number of alkyl carbamates (subject to hydrolysis) is 1. The van der Waals surface area contributed by atoms with Crippen LogP contribution in [0.5, 0.6) is 5.75 Å². The Morgan fingerprint density at radius 3 is 2.67 bits per heavy atom. The summed E-state index contributed by atoms with van der Waals surface area (Å²) in [5, 5.41) is 3.02. The van der Waals surface area contributed by atoms with Crippen molar-refractivity contribution >= 4 is 13.7 Å². The molecule has 180 valence electrons. The fourth-order valence-corrected chi connectivity index (χ4v) is 5.03. The fourth-order valence-electron chi connectivity index (χ4n) is 4.11. The first-order chi connectivity index (χ1) is 15.7. The van der Waals surface area contributed by atoms with E-state index in [4.69, 9.17) is 14.0 Å². The molecule has 2 aromatic carbocycles. The molecule has 2 aromatic rings. The predicted octanol–water partition coefficient (Wildman–Crippen LogP) is 5.53. The van der Waals surface area contributed by atoms with Gasteiger partial charge in [0.1, 0.15) is 18.5 Å². The van der Waals surface area contributed by atoms with E-state index >= 15 is 0 Å². The summed E-state index contributed by atoms with van der Waals surface area (Å²) in [7, 11) is -2.47. The SMILES string of the molecule is COP(=O)(O)C[C@@H]1CCc2cc(C)cc([C@H](CC(C)C)NC(=O)OCc3ccccc3)c2O1. The van der Waals surface area contributed by atoms with Gasteiger partial charge in [-0.15, -0.1) is 0 Å². The van der Waals surface area contributed by atoms with Crippen LogP contribution in [-0.4, -0.2) is 30.4 Å². The molecular weight excluding hydrogens is 441 g/mol. The average molecular weight is 476 g/mol. The lowest BCUT2D eigenvalue weighted by Gasteiger charge is -2.32. The Hall–Kier alpha value is -2.34. The Bertz CT molecular complexity index is 994. The van der Waals surface area contributed by atoms with Crippen LogP contribution in [0.25, 0.3) is 0 Å². The van der Waals surface area contributed by atoms with Crippen molar-refractivity contribution < 1.29 is 28.3 Å². The molecule has 0 bridgehead atoms. The van der Waals surface area contributed by atoms with Crippen LogP contribution in [0.4, 0.5) is 4.79 Å². The standard InChI is InChI=1S/C25H34NO6P/c1-17(2)12-23(26-25(27)31-15-19-8-6-5-7-9-19)22-14-18(3)13-20-10-11-21(32-24(20)22)16-33(28,29)30-4/h5-9,13-14,17,21,23H,10-12,15-16H2,1-4H3,(H,26,27)(H,28,29)/t21-,23-/m0/s1. The van der Waals surface area contributed by atoms with Crippen molar-refractivity contribution in [1.82, 2.24) is 5.32 Å². The van der Waals surface area contributed by atoms with E-state index in [9.17, 15) is 14.3 Å². The highest BCUT2D eigenvalue weighted by atomic mass is 31.2. The molecule has 1 unspecified atom stereocenters. The van der Waals surface area contributed by atoms with Crippen molar-refractivity contribution in [3.8, 4) is 5.75 Å². The minimum Gasteiger partial charge on any atom is -0.489 e. The number of ether oxygens (including phenoxy) is 2. The van der Waals surface area contributed by atoms with Gasteiger partial charge in [-0.25, -0.2) is 4.79 Å². The molecule has 0 aliphatic carbocycles. The van der Waals surface area contributed by atoms with Crippen molar-refractivity contribution in [3.05, 3.63) is 64.7 Å². The number of amides is 1. The van der Waals surface area contributed by atoms with Crippen LogP contribution < -0.4 is 10.1 Å². The molecule has 3 rings (SSSR count). The Morgan fingerprint density at radius 2 is 2.00 bits per heavy atom. The largest absolute Gasteiger partial charge is 0.489 e. The molecule has 1 aliphatic heterocycles. The summed E-state index contributed by atoms with van der Waals surface area (Å²) in [6.07, 6.45) is 1.06. The predicted molar refractivity (Wildman–Crippen MR) is 128 cm³/mol. The summed E-state index contributed by atoms with van der Waals surface area (Å²) >= 11 is 0. The van der Waals surface area contributed by atoms with Crippen LogP contribution in [0.1, 0.15) is 55.0 Å². The molecule has 8 heteroatoms. The van der Waals surface area contributed by atoms with Gasteiger partial charge in [0.2, 0.25) is 0 Å². The van der Waals surface area contributed by atoms with E-state index < -0.39 is 19.8 Å². The molecule has 0 aromatic heterocycles. The molecule has 0 saturated carbocycles. The molecule has 0 spiro atoms. The van der Waals surface area contributed by atoms with Gasteiger partial charge in [0.05, 0.1) is 12.2 Å². The third-order valence-corrected chi connectivity index (χ3v) is 7.11. The number of benzene rings is 2. The molecule has 0 saturated heterocycles. The molecule has 0 fully saturated rings. The Balaban J connectivity index is 1.81. The van der Waals surface area contributed by atoms with Crippen molar-refractivity contribution in [2.24, 2.45) is 5.92 Å². The summed E-state index contributed by atoms with van der Waals surface area (Å²) in [6, 6.07) is 13.3. The first-order valence-corrected chi connectivity index (χ1v) is 13.1. The second kappa shape index (κ2) is 11.2. The zero-order chi connectivity index (χ0) is 24.0. The maximum Gasteiger partial charge on any atom is 0.407 e. The minimum absolute atomic E-state index is 0.0718. The van der Waals surface area contributed by atoms with E-state index in [2.05, 4.69) is 25.2 Å². The van der Waals surface area contributed by atoms with Crippen molar-refractivity contribution in [2.75, 3.05) is 13.3 Å². The van der Waals surface area contributed by atoms with E-state index in [1.54, 1.807) is 0 Å². The molecule has 3 atom stereocenters. The summed E-state index contributed by atoms with van der Waals surface area (Å²) < 4.78 is 28.5. The molecule has 0 radical (unpaired) electrons. The quantitative estimate of drug-likeness (QED) is 0.463. The van der Waals surface area contributed by atoms with Gasteiger partial charge in [-0.05, 0) is 43.2 Å². The lowest BCUT2D eigenvalue weighted by molar-refractivity contribution is 0.133. The van der Waals surface area contributed by atoms with Crippen LogP contribution in [-0.2, 0) is 26.9 Å². The number of hydrogen-bond acceptors (Lipinski definition) is 5. The highest BCUT2D eigenvalue weighted by Crippen LogP contribution is 2.45. The molecule has 1 amide bonds. The fraction of sp³-hybridized carbons (Fsp3) is 0.480. The summed E-state index contributed by atoms with van der Waals surface area (Å²) in [4.78, 5) is 22.6. The van der Waals surface area contributed by atoms with E-state index in [0.29, 0.717) is 24.5 Å². The normalized spacial score (nSPS) is 18.1. The Morgan fingerprint density at radius 1 is 1.27 bits per heavy atom. The smallest absolute Gasteiger partial charge is 0.407 e. The summed E-state index contributed by atoms with van der Waals surface area (Å²) in [5.41, 5.74) is 3.90. The number of fused-ring (bicyclic) bond motifs is 1. The van der Waals surface area contributed by atoms with Gasteiger partial charge in [0.15, 0.2) is 0 Å². The minimum atomic E-state index is -3.70. The zero-order valence-corrected chi connectivity index (χ0v) is 20.6. The Labute approximate surface area is 196 Å². The lowest BCUT2D eigenvalue weighted by atomic mass is 9.90. The second-order valence-corrected chi connectivity index (χ2v) is 11.0. The van der Waals surface area contributed by atoms with Gasteiger partial charge < -0.3 is 24.2 Å². The number of carbonyl (C=O) groups excluding carboxylic acids is 1. The van der Waals surface area contributed by atoms with Gasteiger partial charge in [-0.3, -0.25) is 4.57 Å². The van der Waals surface area contributed by atoms with Gasteiger partial charge >= 0.3 is 13.7 Å². The van der Waals surface area contributed by atoms with Crippen LogP contribution in [0.15, 0.2) is 42.5 Å². The maximum absolute atomic E-state index is 12.7. The Kier molecular flexibility index (Phi) is 8.57. The number of hydrogen-bond donors (Lipinski definition) is 2. The highest BCUT2D eigenvalue weighted by Gasteiger charge is 2.32. The molecule has 1 heterocycles. The topological polar surface area (TPSA) is 94.1 Å². The number of aryl methyl sites for hydroxylation is 2. The second-order valence-electron chi connectivity index (χ2n) is 9.01. The van der Waals surface area contributed by atoms with Crippen LogP contribution in [0.3, 0.4) is 0 Å². The lowest BCUT2D eigenvalue weighted by Crippen LogP contribution is -2.32. The highest BCUT2D eigenvalue weighted by molar-refractivity contribution is 7.52. The number of rotatable bonds is 9. The van der Waals surface area contributed by atoms with Crippen LogP contribution in [0, 0.1) is 12.8 Å². The van der Waals surface area contributed by atoms with Crippen molar-refractivity contribution in [3.63, 3.8) is 0 Å². The number of carbonyl (C=O) groups is 1. The zero-order valence-electron chi connectivity index (χ0n) is 19.7. The molecule has 2 N–H and O–H groups in total. The summed E-state index contributed by atoms with van der Waals surface area (Å²) in [5.74, 6) is 0.994. The van der Waals surface area contributed by atoms with E-state index in [-0.39, 0.29) is 18.8 Å². The number of nitrogens with one attached hydrogen (secondary N) is 1. The molecular formula is C25H34NO6P. The third-order valence-electron chi connectivity index (χ3n) is 5.67. The summed E-state index contributed by atoms with van der Waals surface area (Å²) in [6.45, 7) is 6.39. The van der Waals surface area contributed by atoms with Gasteiger partial charge in [-0.1, -0.05) is 61.9 Å². The monoisotopic (exact) mass is 475 g/mol. The van der Waals surface area contributed by atoms with Gasteiger partial charge in [0, 0.05) is 12.7 Å². The van der Waals surface area contributed by atoms with Crippen molar-refractivity contribution in [2.45, 2.75) is 58.8 Å². The third kappa shape index (κ3) is 7.32. The average Bonchev–Trinajstić information content (AvgIpc) is 2.77. The maximum atomic E-state index is 12.7. The van der Waals surface area contributed by atoms with E-state index in [1.807, 2.05) is 43.3 Å². The molecule has 7 nitrogen and oxygen atoms in total. The molecule has 1 aliphatic rings. The molecule has 33 heavy (non-hydrogen) atoms. The van der Waals surface area contributed by atoms with Gasteiger partial charge in [-0.2, -0.15) is 0 Å². The van der Waals surface area contributed by atoms with Crippen molar-refractivity contribution in [1.29, 1.82) is 0 Å². The first-order valence-electron chi connectivity index (χ1n) is 11.3. The van der Waals surface area contributed by atoms with Crippen LogP contribution >= 0.6 is 7.60 Å². The van der Waals surface area contributed by atoms with E-state index in [1.165, 1.54) is 7.11 Å². The van der Waals surface area contributed by atoms with Gasteiger partial charge in [0.25, 0.3) is 0 Å². The van der Waals surface area contributed by atoms with E-state index in [0.717, 1.165) is 28.7 Å².